The van der Waals surface area contributed by atoms with Crippen LogP contribution in [0.4, 0.5) is 0 Å². The molecule has 0 amide bonds. The molecule has 0 heterocycles. The van der Waals surface area contributed by atoms with Crippen LogP contribution in [-0.2, 0) is 0 Å². The molecule has 0 aromatic rings. The summed E-state index contributed by atoms with van der Waals surface area (Å²) in [5, 5.41) is 14.8. The SMILES string of the molecule is CCCNC(=S)NC1CCC(NC(=S)NCCC)CC1. The molecule has 0 aromatic carbocycles. The van der Waals surface area contributed by atoms with Crippen LogP contribution < -0.4 is 21.3 Å². The van der Waals surface area contributed by atoms with E-state index in [0.717, 1.165) is 61.8 Å². The summed E-state index contributed by atoms with van der Waals surface area (Å²) >= 11 is 10.6. The lowest BCUT2D eigenvalue weighted by Gasteiger charge is -2.31. The van der Waals surface area contributed by atoms with Gasteiger partial charge < -0.3 is 21.3 Å². The van der Waals surface area contributed by atoms with Crippen molar-refractivity contribution < 1.29 is 0 Å². The molecule has 116 valence electrons. The number of hydrogen-bond donors (Lipinski definition) is 4. The zero-order valence-electron chi connectivity index (χ0n) is 12.6. The Kier molecular flexibility index (Phi) is 8.85. The molecule has 0 bridgehead atoms. The Bertz CT molecular complexity index is 272. The summed E-state index contributed by atoms with van der Waals surface area (Å²) in [5.41, 5.74) is 0. The van der Waals surface area contributed by atoms with Crippen molar-refractivity contribution in [3.63, 3.8) is 0 Å². The summed E-state index contributed by atoms with van der Waals surface area (Å²) in [6.45, 7) is 6.17. The van der Waals surface area contributed by atoms with Gasteiger partial charge in [0.25, 0.3) is 0 Å². The quantitative estimate of drug-likeness (QED) is 0.563. The molecule has 20 heavy (non-hydrogen) atoms. The second-order valence-electron chi connectivity index (χ2n) is 5.35. The van der Waals surface area contributed by atoms with Gasteiger partial charge in [0.05, 0.1) is 0 Å². The monoisotopic (exact) mass is 316 g/mol. The Morgan fingerprint density at radius 1 is 0.800 bits per heavy atom. The molecule has 1 saturated carbocycles. The molecule has 6 heteroatoms. The minimum atomic E-state index is 0.502. The number of rotatable bonds is 6. The van der Waals surface area contributed by atoms with Crippen LogP contribution in [0.15, 0.2) is 0 Å². The molecule has 4 N–H and O–H groups in total. The van der Waals surface area contributed by atoms with Crippen LogP contribution in [0.5, 0.6) is 0 Å². The zero-order valence-corrected chi connectivity index (χ0v) is 14.3. The second kappa shape index (κ2) is 10.2. The lowest BCUT2D eigenvalue weighted by atomic mass is 9.91. The lowest BCUT2D eigenvalue weighted by Crippen LogP contribution is -2.48. The number of hydrogen-bond acceptors (Lipinski definition) is 2. The van der Waals surface area contributed by atoms with E-state index in [1.54, 1.807) is 0 Å². The fourth-order valence-electron chi connectivity index (χ4n) is 2.33. The first-order valence-electron chi connectivity index (χ1n) is 7.74. The maximum absolute atomic E-state index is 5.28. The Hall–Kier alpha value is -0.620. The maximum atomic E-state index is 5.28. The second-order valence-corrected chi connectivity index (χ2v) is 6.17. The number of thiocarbonyl (C=S) groups is 2. The molecule has 1 aliphatic carbocycles. The fraction of sp³-hybridized carbons (Fsp3) is 0.857. The highest BCUT2D eigenvalue weighted by Gasteiger charge is 2.21. The van der Waals surface area contributed by atoms with Crippen LogP contribution in [0, 0.1) is 0 Å². The van der Waals surface area contributed by atoms with Crippen molar-refractivity contribution in [2.24, 2.45) is 0 Å². The lowest BCUT2D eigenvalue weighted by molar-refractivity contribution is 0.353. The molecular weight excluding hydrogens is 288 g/mol. The van der Waals surface area contributed by atoms with Gasteiger partial charge in [0, 0.05) is 25.2 Å². The molecule has 0 unspecified atom stereocenters. The van der Waals surface area contributed by atoms with Crippen LogP contribution in [0.25, 0.3) is 0 Å². The molecule has 1 aliphatic rings. The van der Waals surface area contributed by atoms with E-state index in [1.165, 1.54) is 0 Å². The zero-order chi connectivity index (χ0) is 14.8. The Morgan fingerprint density at radius 3 is 1.45 bits per heavy atom. The van der Waals surface area contributed by atoms with Crippen LogP contribution in [0.3, 0.4) is 0 Å². The van der Waals surface area contributed by atoms with Gasteiger partial charge in [-0.1, -0.05) is 13.8 Å². The molecule has 1 fully saturated rings. The van der Waals surface area contributed by atoms with E-state index in [0.29, 0.717) is 12.1 Å². The van der Waals surface area contributed by atoms with Crippen molar-refractivity contribution >= 4 is 34.7 Å². The normalized spacial score (nSPS) is 21.9. The average molecular weight is 317 g/mol. The molecule has 0 aliphatic heterocycles. The molecule has 1 rings (SSSR count). The molecule has 4 nitrogen and oxygen atoms in total. The van der Waals surface area contributed by atoms with Crippen molar-refractivity contribution in [3.05, 3.63) is 0 Å². The van der Waals surface area contributed by atoms with E-state index in [2.05, 4.69) is 35.1 Å². The van der Waals surface area contributed by atoms with Crippen LogP contribution in [-0.4, -0.2) is 35.4 Å². The van der Waals surface area contributed by atoms with Crippen LogP contribution in [0.2, 0.25) is 0 Å². The van der Waals surface area contributed by atoms with E-state index >= 15 is 0 Å². The first-order valence-corrected chi connectivity index (χ1v) is 8.56. The predicted octanol–water partition coefficient (Wildman–Crippen LogP) is 2.05. The van der Waals surface area contributed by atoms with Crippen molar-refractivity contribution in [3.8, 4) is 0 Å². The van der Waals surface area contributed by atoms with Crippen LogP contribution >= 0.6 is 24.4 Å². The van der Waals surface area contributed by atoms with E-state index in [-0.39, 0.29) is 0 Å². The highest BCUT2D eigenvalue weighted by atomic mass is 32.1. The highest BCUT2D eigenvalue weighted by Crippen LogP contribution is 2.18. The van der Waals surface area contributed by atoms with Gasteiger partial charge in [-0.3, -0.25) is 0 Å². The molecule has 0 atom stereocenters. The summed E-state index contributed by atoms with van der Waals surface area (Å²) in [4.78, 5) is 0. The third-order valence-corrected chi connectivity index (χ3v) is 3.99. The topological polar surface area (TPSA) is 48.1 Å². The van der Waals surface area contributed by atoms with E-state index in [4.69, 9.17) is 24.4 Å². The molecule has 0 saturated heterocycles. The smallest absolute Gasteiger partial charge is 0.166 e. The van der Waals surface area contributed by atoms with Crippen molar-refractivity contribution in [1.29, 1.82) is 0 Å². The minimum Gasteiger partial charge on any atom is -0.363 e. The molecule has 0 spiro atoms. The molecular formula is C14H28N4S2. The largest absolute Gasteiger partial charge is 0.363 e. The van der Waals surface area contributed by atoms with Crippen molar-refractivity contribution in [1.82, 2.24) is 21.3 Å². The predicted molar refractivity (Wildman–Crippen MR) is 94.1 cm³/mol. The fourth-order valence-corrected chi connectivity index (χ4v) is 2.87. The Labute approximate surface area is 133 Å². The summed E-state index contributed by atoms with van der Waals surface area (Å²) in [6.07, 6.45) is 6.76. The maximum Gasteiger partial charge on any atom is 0.166 e. The van der Waals surface area contributed by atoms with E-state index in [9.17, 15) is 0 Å². The Morgan fingerprint density at radius 2 is 1.15 bits per heavy atom. The number of nitrogens with one attached hydrogen (secondary N) is 4. The van der Waals surface area contributed by atoms with Crippen molar-refractivity contribution in [2.45, 2.75) is 64.5 Å². The van der Waals surface area contributed by atoms with E-state index < -0.39 is 0 Å². The van der Waals surface area contributed by atoms with Gasteiger partial charge in [-0.05, 0) is 63.0 Å². The standard InChI is InChI=1S/C14H28N4S2/c1-3-9-15-13(19)17-11-5-7-12(8-6-11)18-14(20)16-10-4-2/h11-12H,3-10H2,1-2H3,(H2,15,17,19)(H2,16,18,20). The van der Waals surface area contributed by atoms with Gasteiger partial charge in [0.1, 0.15) is 0 Å². The van der Waals surface area contributed by atoms with Gasteiger partial charge in [-0.2, -0.15) is 0 Å². The summed E-state index contributed by atoms with van der Waals surface area (Å²) in [7, 11) is 0. The third-order valence-electron chi connectivity index (χ3n) is 3.47. The van der Waals surface area contributed by atoms with Gasteiger partial charge >= 0.3 is 0 Å². The third kappa shape index (κ3) is 7.24. The van der Waals surface area contributed by atoms with E-state index in [1.807, 2.05) is 0 Å². The Balaban J connectivity index is 2.16. The molecule has 0 aromatic heterocycles. The summed E-state index contributed by atoms with van der Waals surface area (Å²) < 4.78 is 0. The first kappa shape index (κ1) is 17.4. The van der Waals surface area contributed by atoms with Gasteiger partial charge in [-0.15, -0.1) is 0 Å². The van der Waals surface area contributed by atoms with Gasteiger partial charge in [-0.25, -0.2) is 0 Å². The van der Waals surface area contributed by atoms with Gasteiger partial charge in [0.2, 0.25) is 0 Å². The van der Waals surface area contributed by atoms with Gasteiger partial charge in [0.15, 0.2) is 10.2 Å². The van der Waals surface area contributed by atoms with Crippen LogP contribution in [0.1, 0.15) is 52.4 Å². The summed E-state index contributed by atoms with van der Waals surface area (Å²) in [6, 6.07) is 1.00. The highest BCUT2D eigenvalue weighted by molar-refractivity contribution is 7.80. The summed E-state index contributed by atoms with van der Waals surface area (Å²) in [5.74, 6) is 0. The minimum absolute atomic E-state index is 0.502. The first-order chi connectivity index (χ1) is 9.65. The molecule has 0 radical (unpaired) electrons. The van der Waals surface area contributed by atoms with Crippen molar-refractivity contribution in [2.75, 3.05) is 13.1 Å². The average Bonchev–Trinajstić information content (AvgIpc) is 2.45.